The first kappa shape index (κ1) is 13.5. The average Bonchev–Trinajstić information content (AvgIpc) is 2.76. The van der Waals surface area contributed by atoms with Crippen LogP contribution in [0, 0.1) is 13.8 Å². The van der Waals surface area contributed by atoms with Crippen LogP contribution in [-0.2, 0) is 4.74 Å². The minimum atomic E-state index is -0.636. The highest BCUT2D eigenvalue weighted by Crippen LogP contribution is 2.23. The first-order valence-corrected chi connectivity index (χ1v) is 6.41. The number of hydrogen-bond acceptors (Lipinski definition) is 8. The minimum absolute atomic E-state index is 0.172. The highest BCUT2D eigenvalue weighted by molar-refractivity contribution is 7.98. The fraction of sp³-hybridized carbons (Fsp3) is 0.364. The molecule has 0 aromatic carbocycles. The van der Waals surface area contributed by atoms with Crippen molar-refractivity contribution in [3.63, 3.8) is 0 Å². The Morgan fingerprint density at radius 2 is 2.00 bits per heavy atom. The molecule has 0 aliphatic heterocycles. The maximum absolute atomic E-state index is 11.4. The molecule has 0 atom stereocenters. The molecule has 0 spiro atoms. The van der Waals surface area contributed by atoms with Crippen LogP contribution in [0.3, 0.4) is 0 Å². The van der Waals surface area contributed by atoms with Crippen LogP contribution >= 0.6 is 11.8 Å². The average molecular weight is 280 g/mol. The van der Waals surface area contributed by atoms with E-state index in [4.69, 9.17) is 9.15 Å². The summed E-state index contributed by atoms with van der Waals surface area (Å²) in [6, 6.07) is 1.86. The molecule has 0 saturated heterocycles. The summed E-state index contributed by atoms with van der Waals surface area (Å²) in [4.78, 5) is 19.8. The van der Waals surface area contributed by atoms with Gasteiger partial charge in [-0.25, -0.2) is 14.8 Å². The molecule has 0 unspecified atom stereocenters. The number of esters is 1. The van der Waals surface area contributed by atoms with E-state index in [0.717, 1.165) is 23.1 Å². The lowest BCUT2D eigenvalue weighted by atomic mass is 10.4. The van der Waals surface area contributed by atoms with E-state index in [-0.39, 0.29) is 17.7 Å². The highest BCUT2D eigenvalue weighted by atomic mass is 32.2. The maximum atomic E-state index is 11.4. The van der Waals surface area contributed by atoms with Gasteiger partial charge in [0.25, 0.3) is 5.22 Å². The van der Waals surface area contributed by atoms with Gasteiger partial charge in [0.1, 0.15) is 0 Å². The van der Waals surface area contributed by atoms with Gasteiger partial charge in [-0.1, -0.05) is 5.10 Å². The Morgan fingerprint density at radius 3 is 2.63 bits per heavy atom. The maximum Gasteiger partial charge on any atom is 0.396 e. The largest absolute Gasteiger partial charge is 0.459 e. The molecule has 0 radical (unpaired) electrons. The summed E-state index contributed by atoms with van der Waals surface area (Å²) in [6.07, 6.45) is 0. The van der Waals surface area contributed by atoms with E-state index in [2.05, 4.69) is 20.2 Å². The van der Waals surface area contributed by atoms with E-state index in [9.17, 15) is 4.79 Å². The minimum Gasteiger partial charge on any atom is -0.459 e. The Labute approximate surface area is 113 Å². The summed E-state index contributed by atoms with van der Waals surface area (Å²) in [7, 11) is 0. The van der Waals surface area contributed by atoms with E-state index in [1.165, 1.54) is 0 Å². The highest BCUT2D eigenvalue weighted by Gasteiger charge is 2.17. The van der Waals surface area contributed by atoms with E-state index < -0.39 is 5.97 Å². The van der Waals surface area contributed by atoms with E-state index in [1.807, 2.05) is 19.9 Å². The quantitative estimate of drug-likeness (QED) is 0.618. The van der Waals surface area contributed by atoms with Crippen molar-refractivity contribution in [2.24, 2.45) is 0 Å². The lowest BCUT2D eigenvalue weighted by Gasteiger charge is -1.99. The Hall–Kier alpha value is -1.96. The van der Waals surface area contributed by atoms with Gasteiger partial charge in [0, 0.05) is 23.1 Å². The van der Waals surface area contributed by atoms with Crippen LogP contribution in [0.2, 0.25) is 0 Å². The van der Waals surface area contributed by atoms with Gasteiger partial charge in [0.15, 0.2) is 5.16 Å². The van der Waals surface area contributed by atoms with Crippen molar-refractivity contribution in [1.29, 1.82) is 0 Å². The van der Waals surface area contributed by atoms with E-state index in [0.29, 0.717) is 5.16 Å². The van der Waals surface area contributed by atoms with Crippen LogP contribution < -0.4 is 0 Å². The topological polar surface area (TPSA) is 91.0 Å². The summed E-state index contributed by atoms with van der Waals surface area (Å²) < 4.78 is 9.92. The molecule has 2 heterocycles. The van der Waals surface area contributed by atoms with Crippen molar-refractivity contribution in [2.45, 2.75) is 31.2 Å². The van der Waals surface area contributed by atoms with Crippen molar-refractivity contribution in [3.8, 4) is 0 Å². The van der Waals surface area contributed by atoms with E-state index in [1.54, 1.807) is 6.92 Å². The molecule has 0 aliphatic carbocycles. The van der Waals surface area contributed by atoms with Crippen molar-refractivity contribution in [2.75, 3.05) is 6.61 Å². The third-order valence-electron chi connectivity index (χ3n) is 2.00. The summed E-state index contributed by atoms with van der Waals surface area (Å²) in [6.45, 7) is 5.70. The number of rotatable bonds is 4. The van der Waals surface area contributed by atoms with Gasteiger partial charge < -0.3 is 9.15 Å². The fourth-order valence-electron chi connectivity index (χ4n) is 1.34. The smallest absolute Gasteiger partial charge is 0.396 e. The lowest BCUT2D eigenvalue weighted by molar-refractivity contribution is 0.0475. The fourth-order valence-corrected chi connectivity index (χ4v) is 2.08. The van der Waals surface area contributed by atoms with Gasteiger partial charge in [-0.05, 0) is 26.8 Å². The predicted molar refractivity (Wildman–Crippen MR) is 65.9 cm³/mol. The number of carbonyl (C=O) groups excluding carboxylic acids is 1. The molecular formula is C11H12N4O3S. The van der Waals surface area contributed by atoms with Crippen LogP contribution in [0.25, 0.3) is 0 Å². The summed E-state index contributed by atoms with van der Waals surface area (Å²) in [5.74, 6) is -0.808. The van der Waals surface area contributed by atoms with Crippen molar-refractivity contribution in [1.82, 2.24) is 20.2 Å². The number of hydrogen-bond donors (Lipinski definition) is 0. The number of aromatic nitrogens is 4. The second kappa shape index (κ2) is 5.79. The van der Waals surface area contributed by atoms with Gasteiger partial charge in [-0.15, -0.1) is 5.10 Å². The van der Waals surface area contributed by atoms with Crippen LogP contribution in [0.4, 0.5) is 0 Å². The third kappa shape index (κ3) is 3.50. The first-order valence-electron chi connectivity index (χ1n) is 5.59. The van der Waals surface area contributed by atoms with Gasteiger partial charge >= 0.3 is 11.9 Å². The van der Waals surface area contributed by atoms with Crippen LogP contribution in [0.5, 0.6) is 0 Å². The normalized spacial score (nSPS) is 10.5. The Balaban J connectivity index is 2.13. The Kier molecular flexibility index (Phi) is 4.10. The number of ether oxygens (including phenoxy) is 1. The third-order valence-corrected chi connectivity index (χ3v) is 2.70. The summed E-state index contributed by atoms with van der Waals surface area (Å²) in [5.41, 5.74) is 1.69. The summed E-state index contributed by atoms with van der Waals surface area (Å²) in [5, 5.41) is 8.05. The second-order valence-corrected chi connectivity index (χ2v) is 4.55. The standard InChI is InChI=1S/C11H12N4O3S/c1-4-17-9(16)8-14-15-11(18-8)19-10-12-6(2)5-7(3)13-10/h5H,4H2,1-3H3. The van der Waals surface area contributed by atoms with Crippen molar-refractivity contribution < 1.29 is 13.9 Å². The van der Waals surface area contributed by atoms with Crippen LogP contribution in [0.15, 0.2) is 20.9 Å². The summed E-state index contributed by atoms with van der Waals surface area (Å²) >= 11 is 1.10. The monoisotopic (exact) mass is 280 g/mol. The van der Waals surface area contributed by atoms with Crippen molar-refractivity contribution >= 4 is 17.7 Å². The number of aryl methyl sites for hydroxylation is 2. The Bertz CT molecular complexity index is 579. The van der Waals surface area contributed by atoms with Gasteiger partial charge in [-0.3, -0.25) is 0 Å². The molecule has 8 heteroatoms. The molecule has 0 fully saturated rings. The van der Waals surface area contributed by atoms with Gasteiger partial charge in [0.2, 0.25) is 0 Å². The predicted octanol–water partition coefficient (Wildman–Crippen LogP) is 1.80. The molecule has 0 aliphatic rings. The zero-order valence-corrected chi connectivity index (χ0v) is 11.5. The molecule has 2 rings (SSSR count). The molecular weight excluding hydrogens is 268 g/mol. The van der Waals surface area contributed by atoms with Gasteiger partial charge in [0.05, 0.1) is 6.61 Å². The van der Waals surface area contributed by atoms with Crippen LogP contribution in [-0.4, -0.2) is 32.7 Å². The zero-order valence-electron chi connectivity index (χ0n) is 10.7. The second-order valence-electron chi connectivity index (χ2n) is 3.63. The lowest BCUT2D eigenvalue weighted by Crippen LogP contribution is -2.04. The molecule has 0 N–H and O–H groups in total. The SMILES string of the molecule is CCOC(=O)c1nnc(Sc2nc(C)cc(C)n2)o1. The van der Waals surface area contributed by atoms with E-state index >= 15 is 0 Å². The number of carbonyl (C=O) groups is 1. The molecule has 100 valence electrons. The Morgan fingerprint density at radius 1 is 1.32 bits per heavy atom. The molecule has 2 aromatic heterocycles. The first-order chi connectivity index (χ1) is 9.08. The molecule has 7 nitrogen and oxygen atoms in total. The molecule has 0 amide bonds. The molecule has 0 saturated carbocycles. The zero-order chi connectivity index (χ0) is 13.8. The number of nitrogens with zero attached hydrogens (tertiary/aromatic N) is 4. The molecule has 2 aromatic rings. The van der Waals surface area contributed by atoms with Crippen LogP contribution in [0.1, 0.15) is 29.0 Å². The van der Waals surface area contributed by atoms with Crippen molar-refractivity contribution in [3.05, 3.63) is 23.3 Å². The van der Waals surface area contributed by atoms with Gasteiger partial charge in [-0.2, -0.15) is 0 Å². The molecule has 19 heavy (non-hydrogen) atoms. The molecule has 0 bridgehead atoms.